The number of likely N-dealkylation sites (N-methyl/N-ethyl adjacent to an activating group) is 1. The number of hydrogen-bond acceptors (Lipinski definition) is 3. The van der Waals surface area contributed by atoms with Crippen molar-refractivity contribution in [3.8, 4) is 0 Å². The summed E-state index contributed by atoms with van der Waals surface area (Å²) in [5.41, 5.74) is 0. The lowest BCUT2D eigenvalue weighted by molar-refractivity contribution is -0.133. The zero-order chi connectivity index (χ0) is 7.98. The first-order chi connectivity index (χ1) is 4.70. The van der Waals surface area contributed by atoms with Gasteiger partial charge in [-0.05, 0) is 13.1 Å². The maximum Gasteiger partial charge on any atom is 0.293 e. The maximum atomic E-state index is 9.82. The largest absolute Gasteiger partial charge is 0.463 e. The third-order valence-electron chi connectivity index (χ3n) is 1.14. The molecular weight excluding hydrogens is 130 g/mol. The van der Waals surface area contributed by atoms with E-state index in [0.29, 0.717) is 13.0 Å². The molecule has 0 N–H and O–H groups in total. The van der Waals surface area contributed by atoms with Crippen molar-refractivity contribution < 1.29 is 9.53 Å². The molecule has 0 aromatic carbocycles. The minimum absolute atomic E-state index is 0.0690. The topological polar surface area (TPSA) is 29.5 Å². The van der Waals surface area contributed by atoms with Gasteiger partial charge in [-0.15, -0.1) is 0 Å². The monoisotopic (exact) mass is 143 g/mol. The van der Waals surface area contributed by atoms with E-state index < -0.39 is 0 Å². The summed E-state index contributed by atoms with van der Waals surface area (Å²) in [6, 6.07) is 0. The first-order valence-corrected chi connectivity index (χ1v) is 3.12. The molecule has 0 fully saturated rings. The molecule has 0 aliphatic rings. The van der Waals surface area contributed by atoms with Gasteiger partial charge in [0, 0.05) is 7.05 Å². The summed E-state index contributed by atoms with van der Waals surface area (Å²) in [4.78, 5) is 11.7. The van der Waals surface area contributed by atoms with Gasteiger partial charge < -0.3 is 9.64 Å². The molecule has 10 heavy (non-hydrogen) atoms. The van der Waals surface area contributed by atoms with Crippen LogP contribution in [0.15, 0.2) is 12.8 Å². The highest BCUT2D eigenvalue weighted by atomic mass is 16.5. The second-order valence-electron chi connectivity index (χ2n) is 2.17. The van der Waals surface area contributed by atoms with Gasteiger partial charge in [-0.3, -0.25) is 4.79 Å². The number of hydrogen-bond donors (Lipinski definition) is 0. The maximum absolute atomic E-state index is 9.82. The summed E-state index contributed by atoms with van der Waals surface area (Å²) in [7, 11) is 1.87. The van der Waals surface area contributed by atoms with Gasteiger partial charge in [0.25, 0.3) is 6.47 Å². The highest BCUT2D eigenvalue weighted by molar-refractivity contribution is 5.37. The van der Waals surface area contributed by atoms with Gasteiger partial charge in [0.2, 0.25) is 0 Å². The lowest BCUT2D eigenvalue weighted by atomic mass is 10.4. The minimum Gasteiger partial charge on any atom is -0.463 e. The number of ether oxygens (including phenoxy) is 1. The van der Waals surface area contributed by atoms with Crippen LogP contribution in [-0.4, -0.2) is 31.1 Å². The van der Waals surface area contributed by atoms with E-state index in [1.807, 2.05) is 18.9 Å². The van der Waals surface area contributed by atoms with E-state index >= 15 is 0 Å². The van der Waals surface area contributed by atoms with Crippen molar-refractivity contribution in [2.45, 2.75) is 13.0 Å². The quantitative estimate of drug-likeness (QED) is 0.528. The summed E-state index contributed by atoms with van der Waals surface area (Å²) in [5, 5.41) is 0. The zero-order valence-electron chi connectivity index (χ0n) is 6.41. The molecular formula is C7H13NO2. The summed E-state index contributed by atoms with van der Waals surface area (Å²) in [5.74, 6) is 0. The molecule has 0 saturated heterocycles. The van der Waals surface area contributed by atoms with Crippen molar-refractivity contribution in [3.05, 3.63) is 12.8 Å². The van der Waals surface area contributed by atoms with Crippen LogP contribution in [0.25, 0.3) is 0 Å². The SMILES string of the molecule is C=CN(C)CC(C)OC=O. The van der Waals surface area contributed by atoms with Gasteiger partial charge in [-0.2, -0.15) is 0 Å². The van der Waals surface area contributed by atoms with Crippen molar-refractivity contribution in [1.29, 1.82) is 0 Å². The Morgan fingerprint density at radius 3 is 2.80 bits per heavy atom. The summed E-state index contributed by atoms with van der Waals surface area (Å²) >= 11 is 0. The van der Waals surface area contributed by atoms with Crippen LogP contribution in [0.2, 0.25) is 0 Å². The predicted octanol–water partition coefficient (Wildman–Crippen LogP) is 0.623. The Balaban J connectivity index is 3.45. The molecule has 0 aromatic rings. The Morgan fingerprint density at radius 2 is 2.40 bits per heavy atom. The highest BCUT2D eigenvalue weighted by Crippen LogP contribution is 1.91. The van der Waals surface area contributed by atoms with Crippen molar-refractivity contribution in [2.75, 3.05) is 13.6 Å². The molecule has 1 atom stereocenters. The number of carbonyl (C=O) groups is 1. The van der Waals surface area contributed by atoms with E-state index in [1.165, 1.54) is 0 Å². The molecule has 3 nitrogen and oxygen atoms in total. The third kappa shape index (κ3) is 3.95. The lowest BCUT2D eigenvalue weighted by Gasteiger charge is -2.17. The van der Waals surface area contributed by atoms with Gasteiger partial charge in [0.05, 0.1) is 6.54 Å². The van der Waals surface area contributed by atoms with E-state index in [9.17, 15) is 4.79 Å². The molecule has 0 radical (unpaired) electrons. The molecule has 3 heteroatoms. The molecule has 0 rings (SSSR count). The number of nitrogens with zero attached hydrogens (tertiary/aromatic N) is 1. The minimum atomic E-state index is -0.0690. The van der Waals surface area contributed by atoms with Gasteiger partial charge in [-0.25, -0.2) is 0 Å². The van der Waals surface area contributed by atoms with E-state index in [2.05, 4.69) is 11.3 Å². The fourth-order valence-electron chi connectivity index (χ4n) is 0.618. The van der Waals surface area contributed by atoms with Gasteiger partial charge in [0.1, 0.15) is 6.10 Å². The van der Waals surface area contributed by atoms with Crippen LogP contribution in [-0.2, 0) is 9.53 Å². The Morgan fingerprint density at radius 1 is 1.80 bits per heavy atom. The lowest BCUT2D eigenvalue weighted by Crippen LogP contribution is -2.24. The fourth-order valence-corrected chi connectivity index (χ4v) is 0.618. The van der Waals surface area contributed by atoms with Crippen LogP contribution in [0, 0.1) is 0 Å². The molecule has 0 saturated carbocycles. The average Bonchev–Trinajstić information content (AvgIpc) is 1.88. The smallest absolute Gasteiger partial charge is 0.293 e. The summed E-state index contributed by atoms with van der Waals surface area (Å²) in [6.45, 7) is 6.53. The summed E-state index contributed by atoms with van der Waals surface area (Å²) < 4.78 is 4.64. The third-order valence-corrected chi connectivity index (χ3v) is 1.14. The van der Waals surface area contributed by atoms with Crippen LogP contribution in [0.1, 0.15) is 6.92 Å². The van der Waals surface area contributed by atoms with Crippen LogP contribution in [0.3, 0.4) is 0 Å². The van der Waals surface area contributed by atoms with E-state index in [1.54, 1.807) is 6.20 Å². The predicted molar refractivity (Wildman–Crippen MR) is 39.4 cm³/mol. The van der Waals surface area contributed by atoms with Crippen LogP contribution in [0.4, 0.5) is 0 Å². The van der Waals surface area contributed by atoms with Crippen LogP contribution >= 0.6 is 0 Å². The van der Waals surface area contributed by atoms with Gasteiger partial charge in [-0.1, -0.05) is 6.58 Å². The van der Waals surface area contributed by atoms with Gasteiger partial charge >= 0.3 is 0 Å². The second-order valence-corrected chi connectivity index (χ2v) is 2.17. The fraction of sp³-hybridized carbons (Fsp3) is 0.571. The molecule has 0 spiro atoms. The molecule has 0 aliphatic heterocycles. The standard InChI is InChI=1S/C7H13NO2/c1-4-8(3)5-7(2)10-6-9/h4,6-7H,1,5H2,2-3H3. The molecule has 0 bridgehead atoms. The van der Waals surface area contributed by atoms with Crippen molar-refractivity contribution in [3.63, 3.8) is 0 Å². The molecule has 1 unspecified atom stereocenters. The van der Waals surface area contributed by atoms with E-state index in [-0.39, 0.29) is 6.10 Å². The van der Waals surface area contributed by atoms with Crippen molar-refractivity contribution in [2.24, 2.45) is 0 Å². The Labute approximate surface area is 61.3 Å². The first-order valence-electron chi connectivity index (χ1n) is 3.12. The van der Waals surface area contributed by atoms with Crippen LogP contribution in [0.5, 0.6) is 0 Å². The van der Waals surface area contributed by atoms with E-state index in [0.717, 1.165) is 0 Å². The normalized spacial score (nSPS) is 11.8. The molecule has 0 aliphatic carbocycles. The second kappa shape index (κ2) is 4.85. The average molecular weight is 143 g/mol. The summed E-state index contributed by atoms with van der Waals surface area (Å²) in [6.07, 6.45) is 1.62. The highest BCUT2D eigenvalue weighted by Gasteiger charge is 2.01. The Bertz CT molecular complexity index is 114. The van der Waals surface area contributed by atoms with Crippen molar-refractivity contribution in [1.82, 2.24) is 4.90 Å². The molecule has 0 aromatic heterocycles. The molecule has 58 valence electrons. The Kier molecular flexibility index (Phi) is 4.37. The zero-order valence-corrected chi connectivity index (χ0v) is 6.41. The van der Waals surface area contributed by atoms with Crippen LogP contribution < -0.4 is 0 Å². The Hall–Kier alpha value is -0.990. The molecule has 0 amide bonds. The van der Waals surface area contributed by atoms with Gasteiger partial charge in [0.15, 0.2) is 0 Å². The number of carbonyl (C=O) groups excluding carboxylic acids is 1. The molecule has 0 heterocycles. The van der Waals surface area contributed by atoms with Crippen molar-refractivity contribution >= 4 is 6.47 Å². The first kappa shape index (κ1) is 9.01. The number of rotatable bonds is 5. The van der Waals surface area contributed by atoms with E-state index in [4.69, 9.17) is 0 Å².